The largest absolute Gasteiger partial charge is 0.310 e. The summed E-state index contributed by atoms with van der Waals surface area (Å²) in [6, 6.07) is 35.3. The van der Waals surface area contributed by atoms with Crippen LogP contribution in [0.1, 0.15) is 11.3 Å². The Kier molecular flexibility index (Phi) is 4.61. The van der Waals surface area contributed by atoms with Gasteiger partial charge in [-0.15, -0.1) is 0 Å². The second-order valence-corrected chi connectivity index (χ2v) is 12.8. The summed E-state index contributed by atoms with van der Waals surface area (Å²) in [5.74, 6) is 0. The lowest BCUT2D eigenvalue weighted by molar-refractivity contribution is 0.944. The Bertz CT molecular complexity index is 1740. The molecule has 1 atom stereocenters. The van der Waals surface area contributed by atoms with E-state index in [9.17, 15) is 0 Å². The van der Waals surface area contributed by atoms with Crippen molar-refractivity contribution >= 4 is 47.6 Å². The Morgan fingerprint density at radius 2 is 1.26 bits per heavy atom. The minimum absolute atomic E-state index is 0.408. The molecular weight excluding hydrogens is 440 g/mol. The van der Waals surface area contributed by atoms with E-state index in [-0.39, 0.29) is 0 Å². The lowest BCUT2D eigenvalue weighted by Crippen LogP contribution is -2.15. The van der Waals surface area contributed by atoms with Crippen molar-refractivity contribution < 1.29 is 0 Å². The van der Waals surface area contributed by atoms with Gasteiger partial charge in [-0.2, -0.15) is 0 Å². The number of nitrogens with zero attached hydrogens (tertiary/aromatic N) is 2. The van der Waals surface area contributed by atoms with Crippen LogP contribution in [0.15, 0.2) is 103 Å². The first kappa shape index (κ1) is 20.5. The summed E-state index contributed by atoms with van der Waals surface area (Å²) in [6.07, 6.45) is 5.99. The van der Waals surface area contributed by atoms with Crippen LogP contribution in [0.5, 0.6) is 0 Å². The fraction of sp³-hybridized carbons (Fsp3) is 0.125. The second kappa shape index (κ2) is 7.86. The molecule has 0 spiro atoms. The van der Waals surface area contributed by atoms with Crippen LogP contribution in [0.3, 0.4) is 0 Å². The Morgan fingerprint density at radius 3 is 1.97 bits per heavy atom. The lowest BCUT2D eigenvalue weighted by atomic mass is 9.99. The first-order chi connectivity index (χ1) is 17.2. The summed E-state index contributed by atoms with van der Waals surface area (Å²) in [5.41, 5.74) is 9.74. The summed E-state index contributed by atoms with van der Waals surface area (Å²) in [6.45, 7) is 4.87. The highest BCUT2D eigenvalue weighted by Crippen LogP contribution is 2.42. The van der Waals surface area contributed by atoms with Gasteiger partial charge in [0.05, 0.1) is 16.6 Å². The Balaban J connectivity index is 1.63. The van der Waals surface area contributed by atoms with E-state index in [2.05, 4.69) is 131 Å². The molecule has 1 unspecified atom stereocenters. The molecule has 0 bridgehead atoms. The zero-order valence-electron chi connectivity index (χ0n) is 20.1. The molecule has 1 aliphatic carbocycles. The molecule has 0 saturated carbocycles. The van der Waals surface area contributed by atoms with Crippen molar-refractivity contribution in [2.24, 2.45) is 0 Å². The van der Waals surface area contributed by atoms with Gasteiger partial charge >= 0.3 is 0 Å². The number of aromatic nitrogens is 2. The monoisotopic (exact) mass is 467 g/mol. The maximum Gasteiger partial charge on any atom is 0.0562 e. The molecule has 0 aliphatic heterocycles. The molecule has 0 N–H and O–H groups in total. The Morgan fingerprint density at radius 1 is 0.629 bits per heavy atom. The molecule has 35 heavy (non-hydrogen) atoms. The van der Waals surface area contributed by atoms with Gasteiger partial charge in [-0.1, -0.05) is 73.8 Å². The second-order valence-electron chi connectivity index (χ2n) is 9.86. The van der Waals surface area contributed by atoms with Crippen LogP contribution >= 0.6 is 0 Å². The minimum atomic E-state index is -0.408. The van der Waals surface area contributed by atoms with E-state index in [0.717, 1.165) is 6.42 Å². The zero-order chi connectivity index (χ0) is 23.5. The van der Waals surface area contributed by atoms with Gasteiger partial charge in [-0.05, 0) is 66.1 Å². The first-order valence-corrected chi connectivity index (χ1v) is 15.0. The maximum absolute atomic E-state index is 2.47. The number of benzene rings is 4. The van der Waals surface area contributed by atoms with Crippen LogP contribution in [0.2, 0.25) is 18.6 Å². The van der Waals surface area contributed by atoms with Gasteiger partial charge < -0.3 is 9.13 Å². The summed E-state index contributed by atoms with van der Waals surface area (Å²) in [7, 11) is -0.408. The van der Waals surface area contributed by atoms with E-state index in [0.29, 0.717) is 5.54 Å². The topological polar surface area (TPSA) is 9.86 Å². The average molecular weight is 468 g/mol. The maximum atomic E-state index is 2.47. The van der Waals surface area contributed by atoms with E-state index in [1.807, 2.05) is 0 Å². The van der Waals surface area contributed by atoms with Crippen LogP contribution < -0.4 is 0 Å². The van der Waals surface area contributed by atoms with Crippen molar-refractivity contribution in [2.45, 2.75) is 25.1 Å². The molecule has 0 fully saturated rings. The summed E-state index contributed by atoms with van der Waals surface area (Å²) < 4.78 is 4.89. The fourth-order valence-corrected chi connectivity index (χ4v) is 6.92. The minimum Gasteiger partial charge on any atom is -0.310 e. The van der Waals surface area contributed by atoms with Gasteiger partial charge in [0.25, 0.3) is 0 Å². The lowest BCUT2D eigenvalue weighted by Gasteiger charge is -2.21. The summed E-state index contributed by atoms with van der Waals surface area (Å²) >= 11 is 0. The number of para-hydroxylation sites is 3. The highest BCUT2D eigenvalue weighted by atomic mass is 28.3. The van der Waals surface area contributed by atoms with Gasteiger partial charge in [0.2, 0.25) is 0 Å². The van der Waals surface area contributed by atoms with E-state index in [1.165, 1.54) is 55.3 Å². The highest BCUT2D eigenvalue weighted by molar-refractivity contribution is 6.58. The van der Waals surface area contributed by atoms with Gasteiger partial charge in [-0.3, -0.25) is 0 Å². The van der Waals surface area contributed by atoms with Crippen molar-refractivity contribution in [3.63, 3.8) is 0 Å². The van der Waals surface area contributed by atoms with Gasteiger partial charge in [-0.25, -0.2) is 0 Å². The van der Waals surface area contributed by atoms with Crippen LogP contribution in [0, 0.1) is 0 Å². The molecule has 0 amide bonds. The molecule has 1 aliphatic rings. The van der Waals surface area contributed by atoms with E-state index in [1.54, 1.807) is 0 Å². The molecule has 169 valence electrons. The van der Waals surface area contributed by atoms with Crippen molar-refractivity contribution in [1.82, 2.24) is 9.13 Å². The third-order valence-corrected chi connectivity index (χ3v) is 9.47. The van der Waals surface area contributed by atoms with Crippen LogP contribution in [-0.2, 0) is 6.42 Å². The standard InChI is InChI=1S/C32H27N2Si/c1-35(2)24-17-18-30-26(19-24)28-20-27-25-15-9-10-16-29(25)33(22-11-5-3-6-12-22)31(27)21-32(28)34(30)23-13-7-4-8-14-23/h3-18,20-21,24H,19H2,1-2H3. The van der Waals surface area contributed by atoms with Gasteiger partial charge in [0, 0.05) is 42.0 Å². The average Bonchev–Trinajstić information content (AvgIpc) is 3.40. The SMILES string of the molecule is C[Si](C)C1C=Cc2c(c3cc4c5ccccc5n(-c5ccccc5)c4cc3n2-c2ccccc2)C1. The summed E-state index contributed by atoms with van der Waals surface area (Å²) in [4.78, 5) is 0. The summed E-state index contributed by atoms with van der Waals surface area (Å²) in [5, 5.41) is 4.03. The van der Waals surface area contributed by atoms with Crippen LogP contribution in [0.25, 0.3) is 50.2 Å². The molecule has 4 aromatic carbocycles. The third kappa shape index (κ3) is 3.08. The molecule has 7 rings (SSSR count). The third-order valence-electron chi connectivity index (χ3n) is 7.59. The van der Waals surface area contributed by atoms with Gasteiger partial charge in [0.15, 0.2) is 0 Å². The molecule has 0 saturated heterocycles. The number of hydrogen-bond acceptors (Lipinski definition) is 0. The van der Waals surface area contributed by atoms with Crippen LogP contribution in [-0.4, -0.2) is 17.9 Å². The normalized spacial score (nSPS) is 15.5. The predicted molar refractivity (Wildman–Crippen MR) is 152 cm³/mol. The van der Waals surface area contributed by atoms with E-state index in [4.69, 9.17) is 0 Å². The number of rotatable bonds is 3. The Labute approximate surface area is 207 Å². The van der Waals surface area contributed by atoms with Crippen molar-refractivity contribution in [3.8, 4) is 11.4 Å². The highest BCUT2D eigenvalue weighted by Gasteiger charge is 2.26. The van der Waals surface area contributed by atoms with Crippen molar-refractivity contribution in [1.29, 1.82) is 0 Å². The molecule has 1 radical (unpaired) electrons. The predicted octanol–water partition coefficient (Wildman–Crippen LogP) is 8.42. The number of allylic oxidation sites excluding steroid dienone is 1. The first-order valence-electron chi connectivity index (χ1n) is 12.4. The number of fused-ring (bicyclic) bond motifs is 6. The molecule has 2 aromatic heterocycles. The van der Waals surface area contributed by atoms with Crippen molar-refractivity contribution in [2.75, 3.05) is 0 Å². The molecular formula is C32H27N2Si. The molecule has 6 aromatic rings. The molecule has 2 nitrogen and oxygen atoms in total. The molecule has 2 heterocycles. The zero-order valence-corrected chi connectivity index (χ0v) is 21.1. The van der Waals surface area contributed by atoms with E-state index < -0.39 is 8.80 Å². The number of hydrogen-bond donors (Lipinski definition) is 0. The Hall–Kier alpha value is -3.82. The van der Waals surface area contributed by atoms with E-state index >= 15 is 0 Å². The quantitative estimate of drug-likeness (QED) is 0.231. The van der Waals surface area contributed by atoms with Crippen LogP contribution in [0.4, 0.5) is 0 Å². The smallest absolute Gasteiger partial charge is 0.0562 e. The molecule has 3 heteroatoms. The van der Waals surface area contributed by atoms with Crippen molar-refractivity contribution in [3.05, 3.63) is 114 Å². The fourth-order valence-electron chi connectivity index (χ4n) is 5.83. The van der Waals surface area contributed by atoms with Gasteiger partial charge in [0.1, 0.15) is 0 Å².